The van der Waals surface area contributed by atoms with Gasteiger partial charge in [-0.15, -0.1) is 5.10 Å². The Balaban J connectivity index is 2.28. The van der Waals surface area contributed by atoms with Crippen molar-refractivity contribution in [1.82, 2.24) is 14.5 Å². The summed E-state index contributed by atoms with van der Waals surface area (Å²) in [6, 6.07) is 0. The summed E-state index contributed by atoms with van der Waals surface area (Å²) >= 11 is 1.18. The number of aliphatic hydroxyl groups excluding tert-OH is 1. The summed E-state index contributed by atoms with van der Waals surface area (Å²) in [5.74, 6) is -0.0900. The second-order valence-corrected chi connectivity index (χ2v) is 3.91. The molecular formula is C9H15N3O2S. The first-order valence-electron chi connectivity index (χ1n) is 4.89. The molecule has 0 aliphatic heterocycles. The zero-order chi connectivity index (χ0) is 11.1. The highest BCUT2D eigenvalue weighted by atomic mass is 32.1. The maximum Gasteiger partial charge on any atom is 0.275 e. The molecule has 0 aliphatic carbocycles. The lowest BCUT2D eigenvalue weighted by atomic mass is 10.2. The van der Waals surface area contributed by atoms with Crippen molar-refractivity contribution in [3.05, 3.63) is 11.1 Å². The molecule has 5 nitrogen and oxygen atoms in total. The fourth-order valence-corrected chi connectivity index (χ4v) is 1.62. The predicted octanol–water partition coefficient (Wildman–Crippen LogP) is 0.773. The van der Waals surface area contributed by atoms with E-state index in [1.165, 1.54) is 11.5 Å². The first kappa shape index (κ1) is 12.1. The molecule has 0 aliphatic rings. The minimum atomic E-state index is -0.0900. The normalized spacial score (nSPS) is 10.3. The number of unbranched alkanes of at least 4 members (excludes halogenated alkanes) is 2. The Morgan fingerprint density at radius 1 is 1.53 bits per heavy atom. The van der Waals surface area contributed by atoms with E-state index < -0.39 is 0 Å². The highest BCUT2D eigenvalue weighted by Gasteiger charge is 2.13. The summed E-state index contributed by atoms with van der Waals surface area (Å²) < 4.78 is 3.65. The van der Waals surface area contributed by atoms with Gasteiger partial charge in [-0.1, -0.05) is 4.49 Å². The van der Waals surface area contributed by atoms with Crippen molar-refractivity contribution in [2.45, 2.75) is 19.3 Å². The quantitative estimate of drug-likeness (QED) is 0.732. The molecular weight excluding hydrogens is 214 g/mol. The number of carbonyl (C=O) groups is 1. The molecule has 1 rings (SSSR count). The molecule has 0 radical (unpaired) electrons. The van der Waals surface area contributed by atoms with Crippen LogP contribution in [0.1, 0.15) is 29.8 Å². The molecule has 6 heteroatoms. The number of aliphatic hydroxyl groups is 1. The molecule has 0 atom stereocenters. The molecule has 0 aromatic carbocycles. The van der Waals surface area contributed by atoms with Gasteiger partial charge in [-0.25, -0.2) is 0 Å². The number of rotatable bonds is 6. The fraction of sp³-hybridized carbons (Fsp3) is 0.667. The SMILES string of the molecule is CN(CCCCCO)C(=O)c1csnn1. The number of hydrogen-bond donors (Lipinski definition) is 1. The molecule has 0 saturated heterocycles. The molecule has 0 unspecified atom stereocenters. The van der Waals surface area contributed by atoms with Crippen molar-refractivity contribution in [2.24, 2.45) is 0 Å². The fourth-order valence-electron chi connectivity index (χ4n) is 1.19. The van der Waals surface area contributed by atoms with E-state index in [0.717, 1.165) is 19.3 Å². The molecule has 0 fully saturated rings. The van der Waals surface area contributed by atoms with Crippen LogP contribution >= 0.6 is 11.5 Å². The Morgan fingerprint density at radius 2 is 2.33 bits per heavy atom. The zero-order valence-corrected chi connectivity index (χ0v) is 9.53. The molecule has 1 amide bonds. The zero-order valence-electron chi connectivity index (χ0n) is 8.72. The lowest BCUT2D eigenvalue weighted by molar-refractivity contribution is 0.0786. The Morgan fingerprint density at radius 3 is 2.93 bits per heavy atom. The topological polar surface area (TPSA) is 66.3 Å². The van der Waals surface area contributed by atoms with Gasteiger partial charge >= 0.3 is 0 Å². The third-order valence-corrected chi connectivity index (χ3v) is 2.58. The van der Waals surface area contributed by atoms with E-state index in [9.17, 15) is 4.79 Å². The summed E-state index contributed by atoms with van der Waals surface area (Å²) in [5.41, 5.74) is 0.407. The summed E-state index contributed by atoms with van der Waals surface area (Å²) in [4.78, 5) is 13.3. The average Bonchev–Trinajstić information content (AvgIpc) is 2.76. The Bertz CT molecular complexity index is 290. The molecule has 1 N–H and O–H groups in total. The van der Waals surface area contributed by atoms with Gasteiger partial charge in [0, 0.05) is 25.6 Å². The molecule has 0 spiro atoms. The molecule has 0 bridgehead atoms. The predicted molar refractivity (Wildman–Crippen MR) is 57.8 cm³/mol. The van der Waals surface area contributed by atoms with Crippen LogP contribution in [-0.4, -0.2) is 45.7 Å². The van der Waals surface area contributed by atoms with Gasteiger partial charge in [0.2, 0.25) is 0 Å². The standard InChI is InChI=1S/C9H15N3O2S/c1-12(5-3-2-4-6-13)9(14)8-7-15-11-10-8/h7,13H,2-6H2,1H3. The lowest BCUT2D eigenvalue weighted by Gasteiger charge is -2.14. The molecule has 84 valence electrons. The van der Waals surface area contributed by atoms with Crippen LogP contribution in [0.5, 0.6) is 0 Å². The van der Waals surface area contributed by atoms with Gasteiger partial charge in [0.05, 0.1) is 0 Å². The van der Waals surface area contributed by atoms with E-state index in [2.05, 4.69) is 9.59 Å². The van der Waals surface area contributed by atoms with E-state index >= 15 is 0 Å². The van der Waals surface area contributed by atoms with Crippen LogP contribution in [-0.2, 0) is 0 Å². The van der Waals surface area contributed by atoms with Gasteiger partial charge in [-0.3, -0.25) is 4.79 Å². The van der Waals surface area contributed by atoms with E-state index in [0.29, 0.717) is 12.2 Å². The monoisotopic (exact) mass is 229 g/mol. The summed E-state index contributed by atoms with van der Waals surface area (Å²) in [6.07, 6.45) is 2.63. The summed E-state index contributed by atoms with van der Waals surface area (Å²) in [6.45, 7) is 0.907. The third kappa shape index (κ3) is 3.93. The van der Waals surface area contributed by atoms with Crippen molar-refractivity contribution >= 4 is 17.4 Å². The van der Waals surface area contributed by atoms with Crippen LogP contribution in [0.4, 0.5) is 0 Å². The minimum absolute atomic E-state index is 0.0900. The van der Waals surface area contributed by atoms with Crippen LogP contribution in [0, 0.1) is 0 Å². The molecule has 0 saturated carbocycles. The summed E-state index contributed by atoms with van der Waals surface area (Å²) in [7, 11) is 1.75. The van der Waals surface area contributed by atoms with E-state index in [-0.39, 0.29) is 12.5 Å². The lowest BCUT2D eigenvalue weighted by Crippen LogP contribution is -2.28. The van der Waals surface area contributed by atoms with E-state index in [1.54, 1.807) is 17.3 Å². The van der Waals surface area contributed by atoms with E-state index in [4.69, 9.17) is 5.11 Å². The molecule has 1 aromatic rings. The van der Waals surface area contributed by atoms with Gasteiger partial charge in [-0.2, -0.15) is 0 Å². The Kier molecular flexibility index (Phi) is 5.20. The maximum atomic E-state index is 11.7. The molecule has 15 heavy (non-hydrogen) atoms. The third-order valence-electron chi connectivity index (χ3n) is 2.08. The van der Waals surface area contributed by atoms with Crippen molar-refractivity contribution in [2.75, 3.05) is 20.2 Å². The van der Waals surface area contributed by atoms with Crippen LogP contribution in [0.25, 0.3) is 0 Å². The van der Waals surface area contributed by atoms with Crippen molar-refractivity contribution < 1.29 is 9.90 Å². The van der Waals surface area contributed by atoms with Gasteiger partial charge < -0.3 is 10.0 Å². The number of carbonyl (C=O) groups excluding carboxylic acids is 1. The second-order valence-electron chi connectivity index (χ2n) is 3.30. The summed E-state index contributed by atoms with van der Waals surface area (Å²) in [5, 5.41) is 14.0. The highest BCUT2D eigenvalue weighted by molar-refractivity contribution is 7.03. The molecule has 1 heterocycles. The first-order chi connectivity index (χ1) is 7.25. The minimum Gasteiger partial charge on any atom is -0.396 e. The Hall–Kier alpha value is -1.01. The van der Waals surface area contributed by atoms with Crippen molar-refractivity contribution in [3.63, 3.8) is 0 Å². The van der Waals surface area contributed by atoms with E-state index in [1.807, 2.05) is 0 Å². The smallest absolute Gasteiger partial charge is 0.275 e. The number of aromatic nitrogens is 2. The van der Waals surface area contributed by atoms with Gasteiger partial charge in [0.1, 0.15) is 0 Å². The van der Waals surface area contributed by atoms with Gasteiger partial charge in [0.15, 0.2) is 5.69 Å². The number of amides is 1. The first-order valence-corrected chi connectivity index (χ1v) is 5.72. The van der Waals surface area contributed by atoms with Crippen LogP contribution in [0.2, 0.25) is 0 Å². The second kappa shape index (κ2) is 6.47. The average molecular weight is 229 g/mol. The maximum absolute atomic E-state index is 11.7. The van der Waals surface area contributed by atoms with Crippen LogP contribution < -0.4 is 0 Å². The Labute approximate surface area is 92.9 Å². The van der Waals surface area contributed by atoms with Gasteiger partial charge in [-0.05, 0) is 30.8 Å². The number of hydrogen-bond acceptors (Lipinski definition) is 5. The largest absolute Gasteiger partial charge is 0.396 e. The van der Waals surface area contributed by atoms with Crippen LogP contribution in [0.15, 0.2) is 5.38 Å². The highest BCUT2D eigenvalue weighted by Crippen LogP contribution is 2.03. The number of nitrogens with zero attached hydrogens (tertiary/aromatic N) is 3. The van der Waals surface area contributed by atoms with Crippen molar-refractivity contribution in [1.29, 1.82) is 0 Å². The van der Waals surface area contributed by atoms with Crippen molar-refractivity contribution in [3.8, 4) is 0 Å². The van der Waals surface area contributed by atoms with Gasteiger partial charge in [0.25, 0.3) is 5.91 Å². The van der Waals surface area contributed by atoms with Crippen LogP contribution in [0.3, 0.4) is 0 Å². The molecule has 1 aromatic heterocycles.